The minimum atomic E-state index is -1.19. The van der Waals surface area contributed by atoms with Gasteiger partial charge in [-0.3, -0.25) is 4.79 Å². The highest BCUT2D eigenvalue weighted by Gasteiger charge is 2.16. The molecular formula is C16H15F2NO2. The molecule has 0 radical (unpaired) electrons. The van der Waals surface area contributed by atoms with Gasteiger partial charge in [0.25, 0.3) is 5.91 Å². The summed E-state index contributed by atoms with van der Waals surface area (Å²) in [4.78, 5) is 11.7. The van der Waals surface area contributed by atoms with Crippen LogP contribution in [-0.4, -0.2) is 23.7 Å². The van der Waals surface area contributed by atoms with E-state index in [4.69, 9.17) is 0 Å². The Labute approximate surface area is 121 Å². The van der Waals surface area contributed by atoms with Crippen LogP contribution in [0.3, 0.4) is 0 Å². The summed E-state index contributed by atoms with van der Waals surface area (Å²) in [6, 6.07) is 12.7. The molecule has 1 unspecified atom stereocenters. The molecule has 1 amide bonds. The third kappa shape index (κ3) is 4.10. The summed E-state index contributed by atoms with van der Waals surface area (Å²) < 4.78 is 26.4. The van der Waals surface area contributed by atoms with Gasteiger partial charge in [0.15, 0.2) is 11.6 Å². The van der Waals surface area contributed by atoms with Crippen LogP contribution in [0.25, 0.3) is 0 Å². The van der Waals surface area contributed by atoms with Gasteiger partial charge in [-0.2, -0.15) is 0 Å². The van der Waals surface area contributed by atoms with Gasteiger partial charge < -0.3 is 10.4 Å². The second-order valence-corrected chi connectivity index (χ2v) is 4.65. The Hall–Kier alpha value is -2.27. The molecule has 1 atom stereocenters. The number of carbonyl (C=O) groups excluding carboxylic acids is 1. The maximum atomic E-state index is 13.4. The van der Waals surface area contributed by atoms with Crippen LogP contribution in [0.4, 0.5) is 8.78 Å². The van der Waals surface area contributed by atoms with Crippen LogP contribution in [0.2, 0.25) is 0 Å². The molecule has 2 aromatic rings. The van der Waals surface area contributed by atoms with E-state index >= 15 is 0 Å². The van der Waals surface area contributed by atoms with Crippen LogP contribution in [-0.2, 0) is 6.42 Å². The first kappa shape index (κ1) is 15.1. The summed E-state index contributed by atoms with van der Waals surface area (Å²) in [5.41, 5.74) is 0.554. The molecule has 0 fully saturated rings. The monoisotopic (exact) mass is 291 g/mol. The fourth-order valence-corrected chi connectivity index (χ4v) is 1.94. The van der Waals surface area contributed by atoms with E-state index in [-0.39, 0.29) is 12.1 Å². The van der Waals surface area contributed by atoms with Crippen LogP contribution in [0.15, 0.2) is 48.5 Å². The Morgan fingerprint density at radius 1 is 1.10 bits per heavy atom. The van der Waals surface area contributed by atoms with Crippen LogP contribution in [0, 0.1) is 11.6 Å². The normalized spacial score (nSPS) is 12.0. The zero-order valence-corrected chi connectivity index (χ0v) is 11.2. The lowest BCUT2D eigenvalue weighted by Gasteiger charge is -2.12. The lowest BCUT2D eigenvalue weighted by atomic mass is 10.1. The molecule has 0 saturated carbocycles. The number of hydrogen-bond donors (Lipinski definition) is 2. The number of amides is 1. The zero-order chi connectivity index (χ0) is 15.2. The number of carbonyl (C=O) groups is 1. The van der Waals surface area contributed by atoms with E-state index in [1.54, 1.807) is 0 Å². The number of halogens is 2. The SMILES string of the molecule is O=C(NCC(O)Cc1ccccc1)c1cccc(F)c1F. The molecule has 0 heterocycles. The summed E-state index contributed by atoms with van der Waals surface area (Å²) in [7, 11) is 0. The summed E-state index contributed by atoms with van der Waals surface area (Å²) >= 11 is 0. The Kier molecular flexibility index (Phi) is 5.00. The molecule has 0 bridgehead atoms. The molecule has 0 aliphatic carbocycles. The van der Waals surface area contributed by atoms with Gasteiger partial charge in [-0.15, -0.1) is 0 Å². The van der Waals surface area contributed by atoms with Crippen molar-refractivity contribution in [1.29, 1.82) is 0 Å². The fourth-order valence-electron chi connectivity index (χ4n) is 1.94. The maximum Gasteiger partial charge on any atom is 0.254 e. The maximum absolute atomic E-state index is 13.4. The van der Waals surface area contributed by atoms with Crippen molar-refractivity contribution < 1.29 is 18.7 Å². The van der Waals surface area contributed by atoms with Gasteiger partial charge in [0, 0.05) is 13.0 Å². The molecule has 2 N–H and O–H groups in total. The molecule has 0 aromatic heterocycles. The van der Waals surface area contributed by atoms with Gasteiger partial charge in [0.1, 0.15) is 0 Å². The quantitative estimate of drug-likeness (QED) is 0.888. The molecule has 21 heavy (non-hydrogen) atoms. The highest BCUT2D eigenvalue weighted by molar-refractivity contribution is 5.94. The molecule has 110 valence electrons. The zero-order valence-electron chi connectivity index (χ0n) is 11.2. The molecule has 3 nitrogen and oxygen atoms in total. The van der Waals surface area contributed by atoms with Gasteiger partial charge in [-0.25, -0.2) is 8.78 Å². The van der Waals surface area contributed by atoms with Crippen molar-refractivity contribution in [1.82, 2.24) is 5.32 Å². The van der Waals surface area contributed by atoms with Crippen molar-refractivity contribution in [2.75, 3.05) is 6.54 Å². The summed E-state index contributed by atoms with van der Waals surface area (Å²) in [6.45, 7) is -0.0380. The second-order valence-electron chi connectivity index (χ2n) is 4.65. The van der Waals surface area contributed by atoms with Crippen molar-refractivity contribution in [2.24, 2.45) is 0 Å². The highest BCUT2D eigenvalue weighted by Crippen LogP contribution is 2.11. The van der Waals surface area contributed by atoms with Crippen LogP contribution in [0.5, 0.6) is 0 Å². The molecule has 0 aliphatic heterocycles. The first-order chi connectivity index (χ1) is 10.1. The van der Waals surface area contributed by atoms with Gasteiger partial charge in [-0.1, -0.05) is 36.4 Å². The van der Waals surface area contributed by atoms with E-state index in [0.717, 1.165) is 11.6 Å². The molecule has 2 rings (SSSR count). The van der Waals surface area contributed by atoms with Crippen molar-refractivity contribution in [2.45, 2.75) is 12.5 Å². The van der Waals surface area contributed by atoms with E-state index in [0.29, 0.717) is 6.42 Å². The predicted octanol–water partition coefficient (Wildman–Crippen LogP) is 2.30. The van der Waals surface area contributed by atoms with E-state index < -0.39 is 23.6 Å². The van der Waals surface area contributed by atoms with Gasteiger partial charge in [-0.05, 0) is 17.7 Å². The second kappa shape index (κ2) is 6.95. The smallest absolute Gasteiger partial charge is 0.254 e. The van der Waals surface area contributed by atoms with Crippen molar-refractivity contribution in [3.63, 3.8) is 0 Å². The number of aliphatic hydroxyl groups excluding tert-OH is 1. The highest BCUT2D eigenvalue weighted by atomic mass is 19.2. The molecule has 2 aromatic carbocycles. The largest absolute Gasteiger partial charge is 0.391 e. The van der Waals surface area contributed by atoms with E-state index in [2.05, 4.69) is 5.32 Å². The van der Waals surface area contributed by atoms with Gasteiger partial charge in [0.05, 0.1) is 11.7 Å². The van der Waals surface area contributed by atoms with Crippen molar-refractivity contribution in [3.8, 4) is 0 Å². The first-order valence-electron chi connectivity index (χ1n) is 6.52. The minimum absolute atomic E-state index is 0.0380. The van der Waals surface area contributed by atoms with Crippen LogP contribution < -0.4 is 5.32 Å². The average molecular weight is 291 g/mol. The molecule has 0 aliphatic rings. The topological polar surface area (TPSA) is 49.3 Å². The summed E-state index contributed by atoms with van der Waals surface area (Å²) in [5, 5.41) is 12.2. The number of aliphatic hydroxyl groups is 1. The summed E-state index contributed by atoms with van der Waals surface area (Å²) in [5.74, 6) is -3.01. The lowest BCUT2D eigenvalue weighted by Crippen LogP contribution is -2.33. The van der Waals surface area contributed by atoms with Crippen LogP contribution >= 0.6 is 0 Å². The number of nitrogens with one attached hydrogen (secondary N) is 1. The Morgan fingerprint density at radius 2 is 1.81 bits per heavy atom. The number of benzene rings is 2. The average Bonchev–Trinajstić information content (AvgIpc) is 2.48. The number of hydrogen-bond acceptors (Lipinski definition) is 2. The van der Waals surface area contributed by atoms with E-state index in [1.807, 2.05) is 30.3 Å². The lowest BCUT2D eigenvalue weighted by molar-refractivity contribution is 0.0911. The van der Waals surface area contributed by atoms with Gasteiger partial charge >= 0.3 is 0 Å². The Morgan fingerprint density at radius 3 is 2.52 bits per heavy atom. The van der Waals surface area contributed by atoms with Crippen molar-refractivity contribution >= 4 is 5.91 Å². The third-order valence-corrected chi connectivity index (χ3v) is 3.01. The Bertz CT molecular complexity index is 617. The van der Waals surface area contributed by atoms with E-state index in [1.165, 1.54) is 12.1 Å². The fraction of sp³-hybridized carbons (Fsp3) is 0.188. The number of rotatable bonds is 5. The van der Waals surface area contributed by atoms with E-state index in [9.17, 15) is 18.7 Å². The summed E-state index contributed by atoms with van der Waals surface area (Å²) in [6.07, 6.45) is -0.430. The molecule has 5 heteroatoms. The predicted molar refractivity (Wildman–Crippen MR) is 74.8 cm³/mol. The van der Waals surface area contributed by atoms with Crippen molar-refractivity contribution in [3.05, 3.63) is 71.3 Å². The Balaban J connectivity index is 1.90. The standard InChI is InChI=1S/C16H15F2NO2/c17-14-8-4-7-13(15(14)18)16(21)19-10-12(20)9-11-5-2-1-3-6-11/h1-8,12,20H,9-10H2,(H,19,21). The molecular weight excluding hydrogens is 276 g/mol. The minimum Gasteiger partial charge on any atom is -0.391 e. The molecule has 0 spiro atoms. The van der Waals surface area contributed by atoms with Crippen LogP contribution in [0.1, 0.15) is 15.9 Å². The third-order valence-electron chi connectivity index (χ3n) is 3.01. The molecule has 0 saturated heterocycles. The first-order valence-corrected chi connectivity index (χ1v) is 6.52. The van der Waals surface area contributed by atoms with Gasteiger partial charge in [0.2, 0.25) is 0 Å².